The summed E-state index contributed by atoms with van der Waals surface area (Å²) in [5, 5.41) is 0. The van der Waals surface area contributed by atoms with E-state index < -0.39 is 0 Å². The van der Waals surface area contributed by atoms with Crippen molar-refractivity contribution in [2.75, 3.05) is 12.0 Å². The molecule has 1 aromatic heterocycles. The van der Waals surface area contributed by atoms with E-state index in [2.05, 4.69) is 31.2 Å². The molecule has 0 atom stereocenters. The summed E-state index contributed by atoms with van der Waals surface area (Å²) < 4.78 is 1.77. The van der Waals surface area contributed by atoms with Crippen LogP contribution in [0.1, 0.15) is 38.0 Å². The first-order chi connectivity index (χ1) is 7.89. The van der Waals surface area contributed by atoms with Gasteiger partial charge in [0.1, 0.15) is 5.94 Å². The highest BCUT2D eigenvalue weighted by Crippen LogP contribution is 2.14. The van der Waals surface area contributed by atoms with Gasteiger partial charge in [-0.15, -0.1) is 0 Å². The zero-order valence-corrected chi connectivity index (χ0v) is 10.9. The van der Waals surface area contributed by atoms with Crippen molar-refractivity contribution in [2.45, 2.75) is 34.2 Å². The molecule has 0 fully saturated rings. The molecule has 0 saturated carbocycles. The molecule has 1 rings (SSSR count). The Kier molecular flexibility index (Phi) is 4.10. The van der Waals surface area contributed by atoms with Crippen LogP contribution in [-0.4, -0.2) is 22.1 Å². The van der Waals surface area contributed by atoms with E-state index in [1.54, 1.807) is 10.6 Å². The Balaban J connectivity index is 3.05. The van der Waals surface area contributed by atoms with E-state index in [-0.39, 0.29) is 5.41 Å². The number of aryl methyl sites for hydroxylation is 1. The minimum absolute atomic E-state index is 0.131. The van der Waals surface area contributed by atoms with Gasteiger partial charge in [0.15, 0.2) is 5.82 Å². The fourth-order valence-corrected chi connectivity index (χ4v) is 1.47. The van der Waals surface area contributed by atoms with Gasteiger partial charge in [-0.05, 0) is 12.3 Å². The summed E-state index contributed by atoms with van der Waals surface area (Å²) in [5.41, 5.74) is 10.8. The Labute approximate surface area is 102 Å². The van der Waals surface area contributed by atoms with Crippen LogP contribution < -0.4 is 11.2 Å². The lowest BCUT2D eigenvalue weighted by atomic mass is 9.97. The number of carbonyl (C=O) groups excluding carboxylic acids is 1. The van der Waals surface area contributed by atoms with Crippen molar-refractivity contribution >= 4 is 12.0 Å². The first kappa shape index (κ1) is 13.5. The fourth-order valence-electron chi connectivity index (χ4n) is 1.47. The number of imidazole rings is 1. The summed E-state index contributed by atoms with van der Waals surface area (Å²) in [6.45, 7) is 9.39. The molecule has 5 heteroatoms. The van der Waals surface area contributed by atoms with Crippen LogP contribution in [0.15, 0.2) is 0 Å². The molecule has 0 radical (unpaired) electrons. The zero-order chi connectivity index (χ0) is 13.1. The Morgan fingerprint density at radius 3 is 2.65 bits per heavy atom. The van der Waals surface area contributed by atoms with Crippen LogP contribution in [0.3, 0.4) is 0 Å². The molecule has 0 bridgehead atoms. The normalized spacial score (nSPS) is 11.1. The smallest absolute Gasteiger partial charge is 0.162 e. The summed E-state index contributed by atoms with van der Waals surface area (Å²) in [7, 11) is 0. The second-order valence-electron chi connectivity index (χ2n) is 5.20. The van der Waals surface area contributed by atoms with Crippen LogP contribution in [0, 0.1) is 12.3 Å². The third-order valence-corrected chi connectivity index (χ3v) is 2.35. The van der Waals surface area contributed by atoms with Gasteiger partial charge in [0.2, 0.25) is 0 Å². The predicted octanol–water partition coefficient (Wildman–Crippen LogP) is 1.08. The second-order valence-corrected chi connectivity index (χ2v) is 5.20. The van der Waals surface area contributed by atoms with Gasteiger partial charge in [-0.1, -0.05) is 20.8 Å². The molecule has 94 valence electrons. The SMILES string of the molecule is Cc1nc(C=C=O)n(NCC(C)(C)C)c1CN. The van der Waals surface area contributed by atoms with Gasteiger partial charge in [-0.2, -0.15) is 0 Å². The maximum Gasteiger partial charge on any atom is 0.162 e. The van der Waals surface area contributed by atoms with E-state index in [1.807, 2.05) is 6.92 Å². The van der Waals surface area contributed by atoms with Gasteiger partial charge in [-0.25, -0.2) is 14.5 Å². The summed E-state index contributed by atoms with van der Waals surface area (Å²) in [6.07, 6.45) is 1.31. The lowest BCUT2D eigenvalue weighted by Crippen LogP contribution is -2.28. The van der Waals surface area contributed by atoms with Crippen molar-refractivity contribution in [2.24, 2.45) is 11.1 Å². The maximum atomic E-state index is 10.4. The van der Waals surface area contributed by atoms with Gasteiger partial charge >= 0.3 is 0 Å². The molecule has 17 heavy (non-hydrogen) atoms. The van der Waals surface area contributed by atoms with E-state index >= 15 is 0 Å². The van der Waals surface area contributed by atoms with E-state index in [0.717, 1.165) is 17.9 Å². The minimum atomic E-state index is 0.131. The average Bonchev–Trinajstić information content (AvgIpc) is 2.50. The van der Waals surface area contributed by atoms with Gasteiger partial charge in [0.25, 0.3) is 0 Å². The number of hydrogen-bond acceptors (Lipinski definition) is 4. The number of nitrogens with one attached hydrogen (secondary N) is 1. The number of hydrogen-bond donors (Lipinski definition) is 2. The maximum absolute atomic E-state index is 10.4. The Morgan fingerprint density at radius 2 is 2.18 bits per heavy atom. The molecule has 3 N–H and O–H groups in total. The standard InChI is InChI=1S/C12H20N4O/c1-9-10(7-13)16(11(15-9)5-6-17)14-8-12(2,3)4/h5,14H,7-8,13H2,1-4H3. The van der Waals surface area contributed by atoms with E-state index in [9.17, 15) is 4.79 Å². The predicted molar refractivity (Wildman–Crippen MR) is 68.7 cm³/mol. The number of rotatable bonds is 4. The molecule has 1 aromatic rings. The first-order valence-corrected chi connectivity index (χ1v) is 5.62. The molecule has 0 aliphatic rings. The van der Waals surface area contributed by atoms with Crippen molar-refractivity contribution in [1.82, 2.24) is 9.66 Å². The van der Waals surface area contributed by atoms with Crippen molar-refractivity contribution in [3.8, 4) is 0 Å². The van der Waals surface area contributed by atoms with Crippen molar-refractivity contribution in [1.29, 1.82) is 0 Å². The van der Waals surface area contributed by atoms with E-state index in [0.29, 0.717) is 12.4 Å². The summed E-state index contributed by atoms with van der Waals surface area (Å²) in [5.74, 6) is 2.29. The third kappa shape index (κ3) is 3.44. The Hall–Kier alpha value is -1.58. The fraction of sp³-hybridized carbons (Fsp3) is 0.583. The number of aromatic nitrogens is 2. The Bertz CT molecular complexity index is 436. The van der Waals surface area contributed by atoms with Crippen LogP contribution in [-0.2, 0) is 11.3 Å². The van der Waals surface area contributed by atoms with Gasteiger partial charge in [0, 0.05) is 13.1 Å². The van der Waals surface area contributed by atoms with Crippen LogP contribution >= 0.6 is 0 Å². The molecule has 1 heterocycles. The average molecular weight is 236 g/mol. The molecule has 0 unspecified atom stereocenters. The van der Waals surface area contributed by atoms with Crippen molar-refractivity contribution in [3.63, 3.8) is 0 Å². The van der Waals surface area contributed by atoms with Crippen LogP contribution in [0.25, 0.3) is 6.08 Å². The first-order valence-electron chi connectivity index (χ1n) is 5.62. The lowest BCUT2D eigenvalue weighted by Gasteiger charge is -2.21. The van der Waals surface area contributed by atoms with Crippen molar-refractivity contribution in [3.05, 3.63) is 17.2 Å². The molecule has 0 aromatic carbocycles. The van der Waals surface area contributed by atoms with Crippen LogP contribution in [0.2, 0.25) is 0 Å². The largest absolute Gasteiger partial charge is 0.325 e. The van der Waals surface area contributed by atoms with Gasteiger partial charge < -0.3 is 11.2 Å². The number of nitrogens with zero attached hydrogens (tertiary/aromatic N) is 2. The summed E-state index contributed by atoms with van der Waals surface area (Å²) >= 11 is 0. The molecule has 0 amide bonds. The topological polar surface area (TPSA) is 72.9 Å². The van der Waals surface area contributed by atoms with Crippen molar-refractivity contribution < 1.29 is 4.79 Å². The summed E-state index contributed by atoms with van der Waals surface area (Å²) in [4.78, 5) is 14.7. The molecular formula is C12H20N4O. The zero-order valence-electron chi connectivity index (χ0n) is 10.9. The molecular weight excluding hydrogens is 216 g/mol. The Morgan fingerprint density at radius 1 is 1.53 bits per heavy atom. The highest BCUT2D eigenvalue weighted by Gasteiger charge is 2.15. The third-order valence-electron chi connectivity index (χ3n) is 2.35. The summed E-state index contributed by atoms with van der Waals surface area (Å²) in [6, 6.07) is 0. The minimum Gasteiger partial charge on any atom is -0.325 e. The molecule has 0 aliphatic carbocycles. The monoisotopic (exact) mass is 236 g/mol. The molecule has 0 aliphatic heterocycles. The quantitative estimate of drug-likeness (QED) is 0.767. The molecule has 0 saturated heterocycles. The van der Waals surface area contributed by atoms with Gasteiger partial charge in [-0.3, -0.25) is 0 Å². The van der Waals surface area contributed by atoms with E-state index in [4.69, 9.17) is 5.73 Å². The molecule has 0 spiro atoms. The number of nitrogens with two attached hydrogens (primary N) is 1. The second kappa shape index (κ2) is 5.17. The molecule has 5 nitrogen and oxygen atoms in total. The lowest BCUT2D eigenvalue weighted by molar-refractivity contribution is 0.424. The highest BCUT2D eigenvalue weighted by molar-refractivity contribution is 5.72. The highest BCUT2D eigenvalue weighted by atomic mass is 16.1. The van der Waals surface area contributed by atoms with Gasteiger partial charge in [0.05, 0.1) is 17.5 Å². The van der Waals surface area contributed by atoms with E-state index in [1.165, 1.54) is 6.08 Å². The van der Waals surface area contributed by atoms with Crippen LogP contribution in [0.5, 0.6) is 0 Å². The van der Waals surface area contributed by atoms with Crippen LogP contribution in [0.4, 0.5) is 0 Å².